The Kier molecular flexibility index (Phi) is 4.73. The van der Waals surface area contributed by atoms with E-state index in [-0.39, 0.29) is 23.3 Å². The van der Waals surface area contributed by atoms with Crippen molar-refractivity contribution in [3.63, 3.8) is 0 Å². The van der Waals surface area contributed by atoms with Crippen LogP contribution in [0.5, 0.6) is 0 Å². The molecule has 2 amide bonds. The van der Waals surface area contributed by atoms with Crippen LogP contribution >= 0.6 is 0 Å². The van der Waals surface area contributed by atoms with E-state index >= 15 is 0 Å². The molecule has 7 nitrogen and oxygen atoms in total. The zero-order chi connectivity index (χ0) is 18.1. The second-order valence-corrected chi connectivity index (χ2v) is 8.33. The van der Waals surface area contributed by atoms with Gasteiger partial charge < -0.3 is 20.5 Å². The van der Waals surface area contributed by atoms with Crippen LogP contribution in [0, 0.1) is 11.3 Å². The molecule has 26 heavy (non-hydrogen) atoms. The summed E-state index contributed by atoms with van der Waals surface area (Å²) in [5.41, 5.74) is 7.33. The average Bonchev–Trinajstić information content (AvgIpc) is 3.38. The van der Waals surface area contributed by atoms with Gasteiger partial charge in [-0.3, -0.25) is 9.59 Å². The van der Waals surface area contributed by atoms with E-state index < -0.39 is 0 Å². The Bertz CT molecular complexity index is 647. The fourth-order valence-electron chi connectivity index (χ4n) is 4.46. The zero-order valence-corrected chi connectivity index (χ0v) is 15.3. The Morgan fingerprint density at radius 2 is 2.12 bits per heavy atom. The normalized spacial score (nSPS) is 24.1. The molecule has 4 rings (SSSR count). The van der Waals surface area contributed by atoms with Crippen molar-refractivity contribution in [2.24, 2.45) is 17.1 Å². The highest BCUT2D eigenvalue weighted by molar-refractivity contribution is 5.82. The Balaban J connectivity index is 1.32. The number of nitrogens with one attached hydrogen (secondary N) is 1. The number of nitrogens with two attached hydrogens (primary N) is 1. The van der Waals surface area contributed by atoms with Crippen molar-refractivity contribution in [2.45, 2.75) is 51.0 Å². The van der Waals surface area contributed by atoms with Gasteiger partial charge in [0.05, 0.1) is 12.4 Å². The second-order valence-electron chi connectivity index (χ2n) is 8.33. The third-order valence-corrected chi connectivity index (χ3v) is 6.50. The summed E-state index contributed by atoms with van der Waals surface area (Å²) in [6, 6.07) is -0.303. The minimum atomic E-state index is -0.303. The Morgan fingerprint density at radius 1 is 1.35 bits per heavy atom. The number of amides is 2. The molecule has 1 spiro atoms. The van der Waals surface area contributed by atoms with Crippen LogP contribution in [0.4, 0.5) is 0 Å². The van der Waals surface area contributed by atoms with Crippen LogP contribution < -0.4 is 5.73 Å². The molecule has 3 aliphatic rings. The van der Waals surface area contributed by atoms with Gasteiger partial charge in [0.25, 0.3) is 0 Å². The van der Waals surface area contributed by atoms with Crippen LogP contribution in [0.2, 0.25) is 0 Å². The molecule has 1 aromatic heterocycles. The van der Waals surface area contributed by atoms with Crippen LogP contribution in [0.1, 0.15) is 44.2 Å². The number of carbonyl (C=O) groups excluding carboxylic acids is 2. The molecule has 3 N–H and O–H groups in total. The maximum atomic E-state index is 12.5. The lowest BCUT2D eigenvalue weighted by atomic mass is 9.72. The van der Waals surface area contributed by atoms with E-state index in [9.17, 15) is 9.59 Å². The van der Waals surface area contributed by atoms with E-state index in [1.165, 1.54) is 0 Å². The molecular formula is C19H29N5O2. The highest BCUT2D eigenvalue weighted by Gasteiger charge is 2.43. The van der Waals surface area contributed by atoms with E-state index in [4.69, 9.17) is 5.73 Å². The Morgan fingerprint density at radius 3 is 2.77 bits per heavy atom. The minimum Gasteiger partial charge on any atom is -0.348 e. The summed E-state index contributed by atoms with van der Waals surface area (Å²) >= 11 is 0. The maximum Gasteiger partial charge on any atom is 0.239 e. The first-order chi connectivity index (χ1) is 12.6. The number of likely N-dealkylation sites (tertiary alicyclic amines) is 2. The number of piperidine rings is 2. The number of rotatable bonds is 5. The molecule has 1 saturated carbocycles. The molecule has 2 saturated heterocycles. The van der Waals surface area contributed by atoms with Crippen molar-refractivity contribution >= 4 is 11.8 Å². The summed E-state index contributed by atoms with van der Waals surface area (Å²) in [5, 5.41) is 0. The van der Waals surface area contributed by atoms with E-state index in [0.29, 0.717) is 12.3 Å². The standard InChI is InChI=1S/C19H29N5O2/c20-17(14-1-2-14)18(26)23-9-6-19(7-10-23)5-3-16(25)24(12-19)8-4-15-11-21-13-22-15/h11,13-14,17H,1-10,12,20H2,(H,21,22)/t17-/m0/s1. The Hall–Kier alpha value is -1.89. The van der Waals surface area contributed by atoms with Gasteiger partial charge in [0.1, 0.15) is 0 Å². The number of carbonyl (C=O) groups is 2. The van der Waals surface area contributed by atoms with Gasteiger partial charge in [-0.2, -0.15) is 0 Å². The second kappa shape index (κ2) is 7.02. The third kappa shape index (κ3) is 3.63. The van der Waals surface area contributed by atoms with Crippen molar-refractivity contribution < 1.29 is 9.59 Å². The lowest BCUT2D eigenvalue weighted by molar-refractivity contribution is -0.143. The smallest absolute Gasteiger partial charge is 0.239 e. The fourth-order valence-corrected chi connectivity index (χ4v) is 4.46. The topological polar surface area (TPSA) is 95.3 Å². The average molecular weight is 359 g/mol. The first-order valence-corrected chi connectivity index (χ1v) is 9.86. The van der Waals surface area contributed by atoms with Crippen LogP contribution in [-0.4, -0.2) is 63.8 Å². The Labute approximate surface area is 154 Å². The van der Waals surface area contributed by atoms with Crippen LogP contribution in [0.3, 0.4) is 0 Å². The lowest BCUT2D eigenvalue weighted by Crippen LogP contribution is -2.55. The van der Waals surface area contributed by atoms with Gasteiger partial charge in [0, 0.05) is 50.9 Å². The molecule has 0 radical (unpaired) electrons. The van der Waals surface area contributed by atoms with Gasteiger partial charge in [0.15, 0.2) is 0 Å². The summed E-state index contributed by atoms with van der Waals surface area (Å²) in [6.45, 7) is 3.11. The molecule has 1 atom stereocenters. The molecule has 7 heteroatoms. The number of nitrogens with zero attached hydrogens (tertiary/aromatic N) is 3. The predicted molar refractivity (Wildman–Crippen MR) is 97.1 cm³/mol. The zero-order valence-electron chi connectivity index (χ0n) is 15.3. The van der Waals surface area contributed by atoms with Gasteiger partial charge in [-0.1, -0.05) is 0 Å². The molecule has 0 aromatic carbocycles. The van der Waals surface area contributed by atoms with Crippen molar-refractivity contribution in [3.05, 3.63) is 18.2 Å². The van der Waals surface area contributed by atoms with Gasteiger partial charge in [-0.15, -0.1) is 0 Å². The molecule has 1 aromatic rings. The monoisotopic (exact) mass is 359 g/mol. The molecule has 2 aliphatic heterocycles. The summed E-state index contributed by atoms with van der Waals surface area (Å²) in [7, 11) is 0. The molecule has 0 unspecified atom stereocenters. The maximum absolute atomic E-state index is 12.5. The number of hydrogen-bond acceptors (Lipinski definition) is 4. The lowest BCUT2D eigenvalue weighted by Gasteiger charge is -2.47. The molecular weight excluding hydrogens is 330 g/mol. The first-order valence-electron chi connectivity index (χ1n) is 9.86. The van der Waals surface area contributed by atoms with E-state index in [1.807, 2.05) is 16.0 Å². The molecule has 142 valence electrons. The van der Waals surface area contributed by atoms with Gasteiger partial charge in [0.2, 0.25) is 11.8 Å². The highest BCUT2D eigenvalue weighted by Crippen LogP contribution is 2.41. The van der Waals surface area contributed by atoms with Gasteiger partial charge in [-0.25, -0.2) is 4.98 Å². The number of hydrogen-bond donors (Lipinski definition) is 2. The van der Waals surface area contributed by atoms with Crippen molar-refractivity contribution in [2.75, 3.05) is 26.2 Å². The molecule has 0 bridgehead atoms. The van der Waals surface area contributed by atoms with Crippen LogP contribution in [-0.2, 0) is 16.0 Å². The first kappa shape index (κ1) is 17.5. The SMILES string of the molecule is N[C@H](C(=O)N1CCC2(CCC(=O)N(CCc3cnc[nH]3)C2)CC1)C1CC1. The summed E-state index contributed by atoms with van der Waals surface area (Å²) in [6.07, 6.45) is 10.0. The minimum absolute atomic E-state index is 0.130. The summed E-state index contributed by atoms with van der Waals surface area (Å²) in [4.78, 5) is 36.0. The van der Waals surface area contributed by atoms with E-state index in [0.717, 1.165) is 70.4 Å². The van der Waals surface area contributed by atoms with Gasteiger partial charge in [-0.05, 0) is 43.4 Å². The predicted octanol–water partition coefficient (Wildman–Crippen LogP) is 0.921. The van der Waals surface area contributed by atoms with Crippen molar-refractivity contribution in [1.29, 1.82) is 0 Å². The van der Waals surface area contributed by atoms with Crippen molar-refractivity contribution in [1.82, 2.24) is 19.8 Å². The number of aromatic nitrogens is 2. The molecule has 1 aliphatic carbocycles. The number of aromatic amines is 1. The quantitative estimate of drug-likeness (QED) is 0.817. The summed E-state index contributed by atoms with van der Waals surface area (Å²) < 4.78 is 0. The largest absolute Gasteiger partial charge is 0.348 e. The fraction of sp³-hybridized carbons (Fsp3) is 0.737. The molecule has 3 fully saturated rings. The van der Waals surface area contributed by atoms with Crippen LogP contribution in [0.25, 0.3) is 0 Å². The highest BCUT2D eigenvalue weighted by atomic mass is 16.2. The van der Waals surface area contributed by atoms with E-state index in [1.54, 1.807) is 6.33 Å². The van der Waals surface area contributed by atoms with E-state index in [2.05, 4.69) is 9.97 Å². The van der Waals surface area contributed by atoms with Gasteiger partial charge >= 0.3 is 0 Å². The molecule has 3 heterocycles. The van der Waals surface area contributed by atoms with Crippen molar-refractivity contribution in [3.8, 4) is 0 Å². The summed E-state index contributed by atoms with van der Waals surface area (Å²) in [5.74, 6) is 0.790. The van der Waals surface area contributed by atoms with Crippen LogP contribution in [0.15, 0.2) is 12.5 Å². The number of H-pyrrole nitrogens is 1. The third-order valence-electron chi connectivity index (χ3n) is 6.50. The number of imidazole rings is 1.